The minimum Gasteiger partial charge on any atom is -0.309 e. The summed E-state index contributed by atoms with van der Waals surface area (Å²) in [5.41, 5.74) is 1.43. The first-order valence-electron chi connectivity index (χ1n) is 6.44. The van der Waals surface area contributed by atoms with E-state index in [2.05, 4.69) is 37.5 Å². The Morgan fingerprint density at radius 2 is 2.31 bits per heavy atom. The van der Waals surface area contributed by atoms with Gasteiger partial charge >= 0.3 is 0 Å². The zero-order chi connectivity index (χ0) is 11.5. The lowest BCUT2D eigenvalue weighted by Gasteiger charge is -2.17. The monoisotopic (exact) mass is 237 g/mol. The van der Waals surface area contributed by atoms with E-state index in [9.17, 15) is 0 Å². The molecule has 1 heterocycles. The van der Waals surface area contributed by atoms with E-state index in [1.807, 2.05) is 11.3 Å². The molecule has 0 amide bonds. The van der Waals surface area contributed by atoms with Crippen LogP contribution in [0.1, 0.15) is 49.6 Å². The minimum absolute atomic E-state index is 0.524. The van der Waals surface area contributed by atoms with Gasteiger partial charge in [-0.2, -0.15) is 0 Å². The second-order valence-corrected chi connectivity index (χ2v) is 6.33. The van der Waals surface area contributed by atoms with Crippen LogP contribution in [0.2, 0.25) is 0 Å². The van der Waals surface area contributed by atoms with Crippen LogP contribution in [-0.4, -0.2) is 6.54 Å². The number of hydrogen-bond acceptors (Lipinski definition) is 2. The van der Waals surface area contributed by atoms with Gasteiger partial charge in [-0.25, -0.2) is 0 Å². The molecule has 0 aromatic carbocycles. The number of aryl methyl sites for hydroxylation is 1. The van der Waals surface area contributed by atoms with Crippen molar-refractivity contribution in [2.24, 2.45) is 11.8 Å². The van der Waals surface area contributed by atoms with Crippen molar-refractivity contribution in [1.29, 1.82) is 0 Å². The van der Waals surface area contributed by atoms with Gasteiger partial charge in [-0.3, -0.25) is 0 Å². The van der Waals surface area contributed by atoms with Gasteiger partial charge in [0.05, 0.1) is 0 Å². The van der Waals surface area contributed by atoms with Gasteiger partial charge in [0.25, 0.3) is 0 Å². The smallest absolute Gasteiger partial charge is 0.0388 e. The summed E-state index contributed by atoms with van der Waals surface area (Å²) < 4.78 is 0. The van der Waals surface area contributed by atoms with Crippen molar-refractivity contribution in [1.82, 2.24) is 5.32 Å². The topological polar surface area (TPSA) is 12.0 Å². The van der Waals surface area contributed by atoms with Crippen LogP contribution in [0.4, 0.5) is 0 Å². The molecule has 2 rings (SSSR count). The lowest BCUT2D eigenvalue weighted by molar-refractivity contribution is 0.442. The molecule has 1 aliphatic carbocycles. The first-order chi connectivity index (χ1) is 7.66. The maximum absolute atomic E-state index is 3.70. The average Bonchev–Trinajstić information content (AvgIpc) is 2.84. The number of nitrogens with one attached hydrogen (secondary N) is 1. The Hall–Kier alpha value is -0.340. The van der Waals surface area contributed by atoms with Gasteiger partial charge in [0.2, 0.25) is 0 Å². The van der Waals surface area contributed by atoms with Gasteiger partial charge in [0.15, 0.2) is 0 Å². The molecule has 3 atom stereocenters. The largest absolute Gasteiger partial charge is 0.309 e. The van der Waals surface area contributed by atoms with Crippen molar-refractivity contribution in [2.45, 2.75) is 46.1 Å². The third-order valence-electron chi connectivity index (χ3n) is 3.81. The molecule has 16 heavy (non-hydrogen) atoms. The van der Waals surface area contributed by atoms with Crippen molar-refractivity contribution in [2.75, 3.05) is 6.54 Å². The van der Waals surface area contributed by atoms with Crippen LogP contribution in [0.15, 0.2) is 11.4 Å². The highest BCUT2D eigenvalue weighted by Gasteiger charge is 2.21. The van der Waals surface area contributed by atoms with E-state index in [0.29, 0.717) is 6.04 Å². The van der Waals surface area contributed by atoms with Gasteiger partial charge in [-0.05, 0) is 62.1 Å². The molecule has 90 valence electrons. The molecule has 1 aromatic heterocycles. The fraction of sp³-hybridized carbons (Fsp3) is 0.714. The quantitative estimate of drug-likeness (QED) is 0.829. The van der Waals surface area contributed by atoms with Gasteiger partial charge in [0.1, 0.15) is 0 Å². The standard InChI is InChI=1S/C14H23NS/c1-10-4-5-13(8-10)9-15-12(3)14-11(2)6-7-16-14/h6-7,10,12-13,15H,4-5,8-9H2,1-3H3. The number of thiophene rings is 1. The minimum atomic E-state index is 0.524. The van der Waals surface area contributed by atoms with E-state index in [4.69, 9.17) is 0 Å². The Morgan fingerprint density at radius 1 is 1.50 bits per heavy atom. The van der Waals surface area contributed by atoms with Gasteiger partial charge in [-0.15, -0.1) is 11.3 Å². The summed E-state index contributed by atoms with van der Waals surface area (Å²) in [5.74, 6) is 1.86. The summed E-state index contributed by atoms with van der Waals surface area (Å²) in [6.45, 7) is 8.08. The predicted molar refractivity (Wildman–Crippen MR) is 72.0 cm³/mol. The van der Waals surface area contributed by atoms with Crippen LogP contribution in [-0.2, 0) is 0 Å². The SMILES string of the molecule is Cc1ccsc1C(C)NCC1CCC(C)C1. The molecule has 1 nitrogen and oxygen atoms in total. The van der Waals surface area contributed by atoms with E-state index in [1.165, 1.54) is 36.2 Å². The molecule has 1 aromatic rings. The van der Waals surface area contributed by atoms with Crippen molar-refractivity contribution < 1.29 is 0 Å². The molecule has 2 heteroatoms. The highest BCUT2D eigenvalue weighted by molar-refractivity contribution is 7.10. The van der Waals surface area contributed by atoms with Crippen molar-refractivity contribution >= 4 is 11.3 Å². The molecule has 0 saturated heterocycles. The molecule has 1 saturated carbocycles. The maximum atomic E-state index is 3.70. The summed E-state index contributed by atoms with van der Waals surface area (Å²) in [4.78, 5) is 1.51. The van der Waals surface area contributed by atoms with Crippen molar-refractivity contribution in [3.05, 3.63) is 21.9 Å². The third-order valence-corrected chi connectivity index (χ3v) is 5.01. The summed E-state index contributed by atoms with van der Waals surface area (Å²) in [6.07, 6.45) is 4.27. The molecule has 1 aliphatic rings. The Bertz CT molecular complexity index is 331. The zero-order valence-electron chi connectivity index (χ0n) is 10.6. The van der Waals surface area contributed by atoms with Crippen molar-refractivity contribution in [3.63, 3.8) is 0 Å². The third kappa shape index (κ3) is 2.86. The summed E-state index contributed by atoms with van der Waals surface area (Å²) in [5, 5.41) is 5.89. The van der Waals surface area contributed by atoms with Gasteiger partial charge < -0.3 is 5.32 Å². The van der Waals surface area contributed by atoms with E-state index >= 15 is 0 Å². The molecule has 0 bridgehead atoms. The van der Waals surface area contributed by atoms with Crippen LogP contribution in [0, 0.1) is 18.8 Å². The van der Waals surface area contributed by atoms with E-state index in [1.54, 1.807) is 0 Å². The highest BCUT2D eigenvalue weighted by atomic mass is 32.1. The molecule has 1 N–H and O–H groups in total. The molecule has 0 spiro atoms. The van der Waals surface area contributed by atoms with Crippen LogP contribution < -0.4 is 5.32 Å². The maximum Gasteiger partial charge on any atom is 0.0388 e. The molecule has 3 unspecified atom stereocenters. The van der Waals surface area contributed by atoms with E-state index < -0.39 is 0 Å². The summed E-state index contributed by atoms with van der Waals surface area (Å²) in [7, 11) is 0. The van der Waals surface area contributed by atoms with Gasteiger partial charge in [-0.1, -0.05) is 13.3 Å². The second kappa shape index (κ2) is 5.33. The molecule has 0 radical (unpaired) electrons. The molecule has 1 fully saturated rings. The average molecular weight is 237 g/mol. The number of hydrogen-bond donors (Lipinski definition) is 1. The fourth-order valence-corrected chi connectivity index (χ4v) is 3.73. The van der Waals surface area contributed by atoms with E-state index in [0.717, 1.165) is 11.8 Å². The second-order valence-electron chi connectivity index (χ2n) is 5.38. The summed E-state index contributed by atoms with van der Waals surface area (Å²) >= 11 is 1.88. The lowest BCUT2D eigenvalue weighted by atomic mass is 10.1. The van der Waals surface area contributed by atoms with Crippen LogP contribution in [0.25, 0.3) is 0 Å². The summed E-state index contributed by atoms with van der Waals surface area (Å²) in [6, 6.07) is 2.74. The Morgan fingerprint density at radius 3 is 2.88 bits per heavy atom. The van der Waals surface area contributed by atoms with Crippen LogP contribution in [0.3, 0.4) is 0 Å². The Labute approximate surface area is 103 Å². The first kappa shape index (κ1) is 12.1. The van der Waals surface area contributed by atoms with Gasteiger partial charge in [0, 0.05) is 10.9 Å². The first-order valence-corrected chi connectivity index (χ1v) is 7.32. The Balaban J connectivity index is 1.80. The van der Waals surface area contributed by atoms with Crippen molar-refractivity contribution in [3.8, 4) is 0 Å². The fourth-order valence-electron chi connectivity index (χ4n) is 2.77. The normalized spacial score (nSPS) is 27.2. The van der Waals surface area contributed by atoms with Crippen LogP contribution in [0.5, 0.6) is 0 Å². The number of rotatable bonds is 4. The zero-order valence-corrected chi connectivity index (χ0v) is 11.4. The Kier molecular flexibility index (Phi) is 4.04. The molecular formula is C14H23NS. The predicted octanol–water partition coefficient (Wildman–Crippen LogP) is 4.14. The highest BCUT2D eigenvalue weighted by Crippen LogP contribution is 2.30. The van der Waals surface area contributed by atoms with Crippen LogP contribution >= 0.6 is 11.3 Å². The molecular weight excluding hydrogens is 214 g/mol. The van der Waals surface area contributed by atoms with E-state index in [-0.39, 0.29) is 0 Å². The molecule has 0 aliphatic heterocycles. The lowest BCUT2D eigenvalue weighted by Crippen LogP contribution is -2.24.